The molecule has 0 bridgehead atoms. The Hall–Kier alpha value is -1.84. The molecule has 0 spiro atoms. The number of aryl methyl sites for hydroxylation is 1. The highest BCUT2D eigenvalue weighted by Gasteiger charge is 1.99. The molecule has 1 heterocycles. The number of anilines is 1. The molecule has 2 N–H and O–H groups in total. The number of benzene rings is 1. The minimum Gasteiger partial charge on any atom is -0.378 e. The summed E-state index contributed by atoms with van der Waals surface area (Å²) < 4.78 is 13.2. The van der Waals surface area contributed by atoms with Gasteiger partial charge in [0, 0.05) is 12.7 Å². The van der Waals surface area contributed by atoms with Gasteiger partial charge in [-0.25, -0.2) is 4.39 Å². The number of aromatic nitrogens is 2. The van der Waals surface area contributed by atoms with E-state index in [1.54, 1.807) is 31.5 Å². The molecule has 15 heavy (non-hydrogen) atoms. The second kappa shape index (κ2) is 4.13. The van der Waals surface area contributed by atoms with Gasteiger partial charge in [-0.2, -0.15) is 5.10 Å². The van der Waals surface area contributed by atoms with Crippen LogP contribution in [0.4, 0.5) is 10.1 Å². The third-order valence-electron chi connectivity index (χ3n) is 2.23. The van der Waals surface area contributed by atoms with Crippen LogP contribution in [-0.2, 0) is 6.54 Å². The molecule has 0 radical (unpaired) electrons. The van der Waals surface area contributed by atoms with Gasteiger partial charge in [0.15, 0.2) is 0 Å². The highest BCUT2D eigenvalue weighted by Crippen LogP contribution is 2.11. The van der Waals surface area contributed by atoms with E-state index in [4.69, 9.17) is 0 Å². The molecule has 0 aliphatic heterocycles. The summed E-state index contributed by atoms with van der Waals surface area (Å²) in [4.78, 5) is 0. The van der Waals surface area contributed by atoms with Crippen molar-refractivity contribution in [3.63, 3.8) is 0 Å². The number of hydrogen-bond acceptors (Lipinski definition) is 2. The van der Waals surface area contributed by atoms with Crippen LogP contribution in [0, 0.1) is 12.7 Å². The molecule has 1 aromatic carbocycles. The first-order valence-corrected chi connectivity index (χ1v) is 4.73. The molecule has 0 fully saturated rings. The van der Waals surface area contributed by atoms with Crippen LogP contribution < -0.4 is 5.32 Å². The van der Waals surface area contributed by atoms with Crippen LogP contribution in [0.1, 0.15) is 11.1 Å². The molecule has 78 valence electrons. The summed E-state index contributed by atoms with van der Waals surface area (Å²) in [6, 6.07) is 5.23. The molecule has 0 atom stereocenters. The van der Waals surface area contributed by atoms with Crippen molar-refractivity contribution in [2.75, 3.05) is 5.32 Å². The standard InChI is InChI=1S/C11H12FN3/c1-8-2-3-9(4-11(8)12)5-13-10-6-14-15-7-10/h2-4,6-7,13H,5H2,1H3,(H,14,15). The van der Waals surface area contributed by atoms with Gasteiger partial charge in [0.05, 0.1) is 11.9 Å². The quantitative estimate of drug-likeness (QED) is 0.808. The number of rotatable bonds is 3. The van der Waals surface area contributed by atoms with E-state index in [1.165, 1.54) is 0 Å². The fourth-order valence-corrected chi connectivity index (χ4v) is 1.30. The van der Waals surface area contributed by atoms with E-state index in [0.29, 0.717) is 12.1 Å². The molecule has 4 heteroatoms. The minimum atomic E-state index is -0.165. The lowest BCUT2D eigenvalue weighted by Gasteiger charge is -2.04. The summed E-state index contributed by atoms with van der Waals surface area (Å²) in [6.45, 7) is 2.35. The Bertz CT molecular complexity index is 437. The number of H-pyrrole nitrogens is 1. The van der Waals surface area contributed by atoms with Crippen LogP contribution in [0.15, 0.2) is 30.6 Å². The van der Waals surface area contributed by atoms with Gasteiger partial charge in [-0.3, -0.25) is 5.10 Å². The van der Waals surface area contributed by atoms with Gasteiger partial charge in [-0.15, -0.1) is 0 Å². The lowest BCUT2D eigenvalue weighted by molar-refractivity contribution is 0.616. The van der Waals surface area contributed by atoms with Gasteiger partial charge in [0.2, 0.25) is 0 Å². The number of hydrogen-bond donors (Lipinski definition) is 2. The van der Waals surface area contributed by atoms with Gasteiger partial charge in [0.25, 0.3) is 0 Å². The van der Waals surface area contributed by atoms with Gasteiger partial charge in [-0.1, -0.05) is 12.1 Å². The summed E-state index contributed by atoms with van der Waals surface area (Å²) in [5, 5.41) is 9.63. The Balaban J connectivity index is 2.02. The van der Waals surface area contributed by atoms with Crippen molar-refractivity contribution in [2.24, 2.45) is 0 Å². The predicted molar refractivity (Wildman–Crippen MR) is 57.1 cm³/mol. The molecule has 2 rings (SSSR count). The van der Waals surface area contributed by atoms with E-state index < -0.39 is 0 Å². The molecule has 0 saturated carbocycles. The Morgan fingerprint density at radius 1 is 1.47 bits per heavy atom. The molecule has 3 nitrogen and oxygen atoms in total. The molecule has 1 aromatic heterocycles. The van der Waals surface area contributed by atoms with Crippen molar-refractivity contribution in [3.8, 4) is 0 Å². The summed E-state index contributed by atoms with van der Waals surface area (Å²) in [5.74, 6) is -0.165. The normalized spacial score (nSPS) is 10.3. The van der Waals surface area contributed by atoms with Gasteiger partial charge in [-0.05, 0) is 24.1 Å². The fourth-order valence-electron chi connectivity index (χ4n) is 1.30. The molecule has 0 unspecified atom stereocenters. The first kappa shape index (κ1) is 9.71. The molecule has 0 aliphatic carbocycles. The van der Waals surface area contributed by atoms with E-state index in [0.717, 1.165) is 11.3 Å². The first-order valence-electron chi connectivity index (χ1n) is 4.73. The van der Waals surface area contributed by atoms with Crippen LogP contribution >= 0.6 is 0 Å². The van der Waals surface area contributed by atoms with Crippen LogP contribution in [0.5, 0.6) is 0 Å². The average molecular weight is 205 g/mol. The molecule has 0 saturated heterocycles. The minimum absolute atomic E-state index is 0.165. The van der Waals surface area contributed by atoms with Gasteiger partial charge < -0.3 is 5.32 Å². The van der Waals surface area contributed by atoms with E-state index in [2.05, 4.69) is 15.5 Å². The van der Waals surface area contributed by atoms with Crippen molar-refractivity contribution in [2.45, 2.75) is 13.5 Å². The summed E-state index contributed by atoms with van der Waals surface area (Å²) in [6.07, 6.45) is 3.44. The predicted octanol–water partition coefficient (Wildman–Crippen LogP) is 2.47. The molecule has 0 amide bonds. The van der Waals surface area contributed by atoms with E-state index >= 15 is 0 Å². The maximum atomic E-state index is 13.2. The number of nitrogens with zero attached hydrogens (tertiary/aromatic N) is 1. The SMILES string of the molecule is Cc1ccc(CNc2cn[nH]c2)cc1F. The largest absolute Gasteiger partial charge is 0.378 e. The second-order valence-electron chi connectivity index (χ2n) is 3.42. The van der Waals surface area contributed by atoms with Gasteiger partial charge >= 0.3 is 0 Å². The van der Waals surface area contributed by atoms with Gasteiger partial charge in [0.1, 0.15) is 5.82 Å². The maximum Gasteiger partial charge on any atom is 0.126 e. The smallest absolute Gasteiger partial charge is 0.126 e. The Labute approximate surface area is 87.3 Å². The summed E-state index contributed by atoms with van der Waals surface area (Å²) >= 11 is 0. The maximum absolute atomic E-state index is 13.2. The second-order valence-corrected chi connectivity index (χ2v) is 3.42. The molecular weight excluding hydrogens is 193 g/mol. The number of halogens is 1. The Morgan fingerprint density at radius 3 is 3.00 bits per heavy atom. The third kappa shape index (κ3) is 2.34. The Kier molecular flexibility index (Phi) is 2.67. The lowest BCUT2D eigenvalue weighted by atomic mass is 10.1. The van der Waals surface area contributed by atoms with Crippen molar-refractivity contribution in [1.29, 1.82) is 0 Å². The van der Waals surface area contributed by atoms with Crippen LogP contribution in [-0.4, -0.2) is 10.2 Å². The molecular formula is C11H12FN3. The van der Waals surface area contributed by atoms with E-state index in [9.17, 15) is 4.39 Å². The third-order valence-corrected chi connectivity index (χ3v) is 2.23. The highest BCUT2D eigenvalue weighted by molar-refractivity contribution is 5.38. The zero-order chi connectivity index (χ0) is 10.7. The van der Waals surface area contributed by atoms with E-state index in [1.807, 2.05) is 6.07 Å². The molecule has 2 aromatic rings. The number of nitrogens with one attached hydrogen (secondary N) is 2. The summed E-state index contributed by atoms with van der Waals surface area (Å²) in [5.41, 5.74) is 2.48. The monoisotopic (exact) mass is 205 g/mol. The topological polar surface area (TPSA) is 40.7 Å². The zero-order valence-corrected chi connectivity index (χ0v) is 8.42. The lowest BCUT2D eigenvalue weighted by Crippen LogP contribution is -1.99. The molecule has 0 aliphatic rings. The zero-order valence-electron chi connectivity index (χ0n) is 8.42. The van der Waals surface area contributed by atoms with Crippen LogP contribution in [0.25, 0.3) is 0 Å². The first-order chi connectivity index (χ1) is 7.25. The Morgan fingerprint density at radius 2 is 2.33 bits per heavy atom. The van der Waals surface area contributed by atoms with Crippen LogP contribution in [0.3, 0.4) is 0 Å². The highest BCUT2D eigenvalue weighted by atomic mass is 19.1. The van der Waals surface area contributed by atoms with E-state index in [-0.39, 0.29) is 5.82 Å². The van der Waals surface area contributed by atoms with Crippen molar-refractivity contribution >= 4 is 5.69 Å². The van der Waals surface area contributed by atoms with Crippen molar-refractivity contribution in [1.82, 2.24) is 10.2 Å². The van der Waals surface area contributed by atoms with Crippen molar-refractivity contribution in [3.05, 3.63) is 47.5 Å². The number of aromatic amines is 1. The summed E-state index contributed by atoms with van der Waals surface area (Å²) in [7, 11) is 0. The average Bonchev–Trinajstić information content (AvgIpc) is 2.73. The fraction of sp³-hybridized carbons (Fsp3) is 0.182. The van der Waals surface area contributed by atoms with Crippen LogP contribution in [0.2, 0.25) is 0 Å². The van der Waals surface area contributed by atoms with Crippen molar-refractivity contribution < 1.29 is 4.39 Å².